The van der Waals surface area contributed by atoms with Crippen LogP contribution in [-0.4, -0.2) is 413 Å². The van der Waals surface area contributed by atoms with Gasteiger partial charge in [0.05, 0.1) is 70.7 Å². The van der Waals surface area contributed by atoms with Crippen LogP contribution in [0, 0.1) is 50.2 Å². The van der Waals surface area contributed by atoms with Crippen molar-refractivity contribution in [1.29, 1.82) is 0 Å². The standard InChI is InChI=1S/C96H143NO43/c1-13-91(9,120)27-17-18-43(2)79(118)134-73-52(105)38-126-85(77(73)133-60(107)24-21-46-19-15-14-16-20-46)138-75-54(39-122-45(4)101)131-86(76(68(75)114)139-83-70(116)72(51(104)37-125-83)136-87-78(117)95(121,41-99)42-128-87)140-88(119)96-31-30-89(5,6)32-48(96)47-22-23-57-92(10)28-26-59(90(7,8)56(92)25-29-93(57,11)94(47,12)33-58(96)106)132-80-61(97-44(3)100)64(110)74(137-84-67(113)65(111)63(109)53(34-98)129-84)55(130-80)40-127-81-69(115)71(50(103)36-123-81)135-82-66(112)62(108)49(102)35-124-82/h13-16,18-22,24,48-59,61-78,80-87,98-99,102-106,108-117,120-121H,1,17,23,25-42H2,2-12H3,(H,97,100)/b24-21+,43-18+/t48-,49+,50-,51+,52+,53+,54+,55+,56-,57+,58+,59-,61+,62-,63+,64+,65-,66+,67+,68-,69+,70+,71-,72-,73-,74+,75+,76+,77+,78-,80-,81-,82-,83-,84-,85-,86-,87-,91-,92-,93+,94+,95+,96+/m0/s1. The fourth-order valence-electron chi connectivity index (χ4n) is 23.8. The predicted octanol–water partition coefficient (Wildman–Crippen LogP) is -3.38. The summed E-state index contributed by atoms with van der Waals surface area (Å²) >= 11 is 0. The number of aliphatic hydroxyl groups excluding tert-OH is 17. The van der Waals surface area contributed by atoms with E-state index in [9.17, 15) is 116 Å². The minimum atomic E-state index is -2.28. The normalized spacial score (nSPS) is 46.2. The number of aliphatic hydroxyl groups is 19. The van der Waals surface area contributed by atoms with E-state index in [4.69, 9.17) is 90.0 Å². The van der Waals surface area contributed by atoms with Crippen LogP contribution in [0.4, 0.5) is 0 Å². The Hall–Kier alpha value is -5.83. The van der Waals surface area contributed by atoms with Gasteiger partial charge in [0, 0.05) is 25.5 Å². The predicted molar refractivity (Wildman–Crippen MR) is 473 cm³/mol. The van der Waals surface area contributed by atoms with Crippen LogP contribution in [0.25, 0.3) is 6.08 Å². The Morgan fingerprint density at radius 1 is 0.550 bits per heavy atom. The summed E-state index contributed by atoms with van der Waals surface area (Å²) in [4.78, 5) is 71.5. The number of esters is 4. The molecule has 44 atom stereocenters. The van der Waals surface area contributed by atoms with E-state index in [0.29, 0.717) is 50.5 Å². The number of rotatable bonds is 31. The molecule has 0 spiro atoms. The zero-order valence-corrected chi connectivity index (χ0v) is 80.4. The van der Waals surface area contributed by atoms with Gasteiger partial charge in [0.25, 0.3) is 0 Å². The van der Waals surface area contributed by atoms with E-state index in [1.54, 1.807) is 30.3 Å². The van der Waals surface area contributed by atoms with Crippen LogP contribution in [-0.2, 0) is 114 Å². The van der Waals surface area contributed by atoms with Gasteiger partial charge in [0.2, 0.25) is 12.2 Å². The lowest BCUT2D eigenvalue weighted by atomic mass is 9.33. The first kappa shape index (κ1) is 110. The minimum absolute atomic E-state index is 0.000676. The summed E-state index contributed by atoms with van der Waals surface area (Å²) in [6.45, 7) is 17.1. The lowest BCUT2D eigenvalue weighted by Crippen LogP contribution is -2.69. The number of allylic oxidation sites excluding steroid dienone is 3. The van der Waals surface area contributed by atoms with Gasteiger partial charge in [-0.15, -0.1) is 6.58 Å². The van der Waals surface area contributed by atoms with Crippen molar-refractivity contribution in [1.82, 2.24) is 5.32 Å². The third kappa shape index (κ3) is 22.0. The minimum Gasteiger partial charge on any atom is -0.463 e. The molecule has 4 saturated carbocycles. The summed E-state index contributed by atoms with van der Waals surface area (Å²) < 4.78 is 117. The quantitative estimate of drug-likeness (QED) is 0.0113. The molecule has 140 heavy (non-hydrogen) atoms. The van der Waals surface area contributed by atoms with E-state index >= 15 is 4.79 Å². The van der Waals surface area contributed by atoms with E-state index in [-0.39, 0.29) is 43.1 Å². The Bertz CT molecular complexity index is 4500. The summed E-state index contributed by atoms with van der Waals surface area (Å²) in [5, 5.41) is 218. The average Bonchev–Trinajstić information content (AvgIpc) is 0.763. The van der Waals surface area contributed by atoms with Gasteiger partial charge < -0.3 is 192 Å². The summed E-state index contributed by atoms with van der Waals surface area (Å²) in [5.74, 6) is -5.83. The highest BCUT2D eigenvalue weighted by Crippen LogP contribution is 2.76. The molecule has 44 heteroatoms. The molecule has 8 heterocycles. The molecule has 0 radical (unpaired) electrons. The lowest BCUT2D eigenvalue weighted by molar-refractivity contribution is -0.377. The Balaban J connectivity index is 0.753. The maximum atomic E-state index is 16.7. The van der Waals surface area contributed by atoms with E-state index in [1.165, 1.54) is 39.0 Å². The molecule has 1 aromatic rings. The van der Waals surface area contributed by atoms with Crippen molar-refractivity contribution in [3.63, 3.8) is 0 Å². The third-order valence-electron chi connectivity index (χ3n) is 32.2. The van der Waals surface area contributed by atoms with Crippen molar-refractivity contribution in [3.8, 4) is 0 Å². The summed E-state index contributed by atoms with van der Waals surface area (Å²) in [7, 11) is 0. The zero-order chi connectivity index (χ0) is 102. The number of benzene rings is 1. The molecule has 0 aromatic heterocycles. The second kappa shape index (κ2) is 43.9. The molecule has 5 aliphatic carbocycles. The van der Waals surface area contributed by atoms with E-state index in [1.807, 2.05) is 0 Å². The number of fused-ring (bicyclic) bond motifs is 7. The van der Waals surface area contributed by atoms with Crippen molar-refractivity contribution in [3.05, 3.63) is 77.9 Å². The Morgan fingerprint density at radius 2 is 1.14 bits per heavy atom. The van der Waals surface area contributed by atoms with Gasteiger partial charge in [-0.3, -0.25) is 14.4 Å². The summed E-state index contributed by atoms with van der Waals surface area (Å²) in [6.07, 6.45) is -50.5. The Morgan fingerprint density at radius 3 is 1.79 bits per heavy atom. The Labute approximate surface area is 809 Å². The molecule has 8 aliphatic heterocycles. The fraction of sp³-hybridized carbons (Fsp3) is 0.802. The first-order valence-electron chi connectivity index (χ1n) is 48.1. The van der Waals surface area contributed by atoms with Gasteiger partial charge in [-0.2, -0.15) is 0 Å². The number of nitrogens with one attached hydrogen (secondary N) is 1. The highest BCUT2D eigenvalue weighted by molar-refractivity contribution is 5.88. The molecule has 20 N–H and O–H groups in total. The molecule has 44 nitrogen and oxygen atoms in total. The van der Waals surface area contributed by atoms with Crippen LogP contribution in [0.1, 0.15) is 152 Å². The number of hydrogen-bond acceptors (Lipinski definition) is 43. The smallest absolute Gasteiger partial charge is 0.333 e. The van der Waals surface area contributed by atoms with Crippen LogP contribution in [0.15, 0.2) is 72.4 Å². The summed E-state index contributed by atoms with van der Waals surface area (Å²) in [5.41, 5.74) is -7.38. The number of carbonyl (C=O) groups excluding carboxylic acids is 5. The molecule has 14 rings (SSSR count). The van der Waals surface area contributed by atoms with Crippen LogP contribution >= 0.6 is 0 Å². The monoisotopic (exact) mass is 2000 g/mol. The van der Waals surface area contributed by atoms with Crippen LogP contribution in [0.5, 0.6) is 0 Å². The topological polar surface area (TPSA) is 657 Å². The second-order valence-electron chi connectivity index (χ2n) is 42.4. The van der Waals surface area contributed by atoms with Gasteiger partial charge >= 0.3 is 23.9 Å². The van der Waals surface area contributed by atoms with Crippen molar-refractivity contribution < 1.29 is 211 Å². The largest absolute Gasteiger partial charge is 0.463 e. The van der Waals surface area contributed by atoms with Crippen LogP contribution < -0.4 is 5.32 Å². The SMILES string of the molecule is C=C[C@](C)(O)CC/C=C(\C)C(=O)O[C@@H]1[C@@H](OC(=O)/C=C/c2ccccc2)[C@H](O[C@H]2[C@H](O)[C@@H](O[C@@H]3OC[C@@H](O)[C@H](O[C@@H]4OC[C@](O)(CO)[C@H]4O)[C@H]3O)[C@H](OC(=O)[C@]34CCC(C)(C)C[C@H]3C3=CC[C@@H]5[C@@]6(C)CC[C@H](O[C@@H]7O[C@H](CO[C@@H]8OC[C@H](O)[C@H](O[C@@H]9OC[C@@H](O)[C@H](O)[C@H]9O)[C@H]8O)[C@@H](O[C@@H]8O[C@H](CO)[C@@H](O)[C@H](O)[C@H]8O)[C@H](O)[C@H]7NC(C)=O)C(C)(C)[C@@H]6CC[C@@]5(C)[C@]3(C)C[C@H]4O)O[C@@H]2COC(C)=O)OC[C@H]1O. The fourth-order valence-corrected chi connectivity index (χ4v) is 23.8. The maximum absolute atomic E-state index is 16.7. The van der Waals surface area contributed by atoms with Crippen molar-refractivity contribution >= 4 is 35.9 Å². The number of hydrogen-bond donors (Lipinski definition) is 20. The highest BCUT2D eigenvalue weighted by atomic mass is 16.8. The molecule has 1 aromatic carbocycles. The van der Waals surface area contributed by atoms with Gasteiger partial charge in [-0.05, 0) is 141 Å². The van der Waals surface area contributed by atoms with Gasteiger partial charge in [0.15, 0.2) is 62.3 Å². The third-order valence-corrected chi connectivity index (χ3v) is 32.2. The van der Waals surface area contributed by atoms with E-state index < -0.39 is 354 Å². The molecule has 0 unspecified atom stereocenters. The molecule has 13 aliphatic rings. The molecule has 0 bridgehead atoms. The first-order valence-corrected chi connectivity index (χ1v) is 48.1. The molecule has 1 amide bonds. The van der Waals surface area contributed by atoms with E-state index in [0.717, 1.165) is 18.6 Å². The van der Waals surface area contributed by atoms with Gasteiger partial charge in [-0.1, -0.05) is 103 Å². The number of carbonyl (C=O) groups is 5. The van der Waals surface area contributed by atoms with Gasteiger partial charge in [-0.25, -0.2) is 9.59 Å². The molecular formula is C96H143NO43. The molecule has 790 valence electrons. The number of amides is 1. The van der Waals surface area contributed by atoms with Crippen molar-refractivity contribution in [2.45, 2.75) is 373 Å². The first-order chi connectivity index (χ1) is 65.9. The molecular weight excluding hydrogens is 1860 g/mol. The zero-order valence-electron chi connectivity index (χ0n) is 80.4. The van der Waals surface area contributed by atoms with Gasteiger partial charge in [0.1, 0.15) is 152 Å². The lowest BCUT2D eigenvalue weighted by Gasteiger charge is -2.72. The number of ether oxygens (including phenoxy) is 19. The van der Waals surface area contributed by atoms with Crippen LogP contribution in [0.3, 0.4) is 0 Å². The maximum Gasteiger partial charge on any atom is 0.333 e. The van der Waals surface area contributed by atoms with Crippen molar-refractivity contribution in [2.24, 2.45) is 50.2 Å². The second-order valence-corrected chi connectivity index (χ2v) is 42.4. The summed E-state index contributed by atoms with van der Waals surface area (Å²) in [6, 6.07) is 7.04. The van der Waals surface area contributed by atoms with Crippen molar-refractivity contribution in [2.75, 3.05) is 59.5 Å². The highest BCUT2D eigenvalue weighted by Gasteiger charge is 2.73. The molecule has 12 fully saturated rings. The average molecular weight is 2000 g/mol. The molecule has 8 saturated heterocycles. The Kier molecular flexibility index (Phi) is 34.5. The van der Waals surface area contributed by atoms with Crippen LogP contribution in [0.2, 0.25) is 0 Å². The van der Waals surface area contributed by atoms with E-state index in [2.05, 4.69) is 66.4 Å².